The molecule has 24 heavy (non-hydrogen) atoms. The number of carbonyl (C=O) groups is 1. The Bertz CT molecular complexity index is 899. The molecule has 10 heteroatoms. The Kier molecular flexibility index (Phi) is 3.99. The zero-order chi connectivity index (χ0) is 17.5. The van der Waals surface area contributed by atoms with Gasteiger partial charge in [-0.05, 0) is 12.1 Å². The first-order valence-corrected chi connectivity index (χ1v) is 7.63. The summed E-state index contributed by atoms with van der Waals surface area (Å²) in [5.41, 5.74) is 1.13. The van der Waals surface area contributed by atoms with E-state index in [1.54, 1.807) is 14.1 Å². The monoisotopic (exact) mass is 355 g/mol. The second-order valence-electron chi connectivity index (χ2n) is 5.22. The molecule has 0 radical (unpaired) electrons. The van der Waals surface area contributed by atoms with Gasteiger partial charge in [-0.15, -0.1) is 11.3 Å². The van der Waals surface area contributed by atoms with Crippen LogP contribution in [-0.2, 0) is 17.5 Å². The standard InChI is InChI=1S/C14H12F3N5OS/c1-21(2)12(23)7-22-13-9(6-19-22)18-5-8(20-13)10-3-4-11(24-10)14(15,16)17/h3-6H,7H2,1-2H3. The number of carbonyl (C=O) groups excluding carboxylic acids is 1. The van der Waals surface area contributed by atoms with Gasteiger partial charge in [0.25, 0.3) is 0 Å². The van der Waals surface area contributed by atoms with Crippen molar-refractivity contribution in [3.63, 3.8) is 0 Å². The Hall–Kier alpha value is -2.49. The summed E-state index contributed by atoms with van der Waals surface area (Å²) in [5.74, 6) is -0.178. The summed E-state index contributed by atoms with van der Waals surface area (Å²) in [6, 6.07) is 2.37. The number of nitrogens with zero attached hydrogens (tertiary/aromatic N) is 5. The lowest BCUT2D eigenvalue weighted by atomic mass is 10.3. The topological polar surface area (TPSA) is 63.9 Å². The van der Waals surface area contributed by atoms with E-state index in [0.29, 0.717) is 33.1 Å². The van der Waals surface area contributed by atoms with Crippen molar-refractivity contribution in [3.05, 3.63) is 29.4 Å². The molecular weight excluding hydrogens is 343 g/mol. The molecule has 3 heterocycles. The van der Waals surface area contributed by atoms with Crippen molar-refractivity contribution < 1.29 is 18.0 Å². The van der Waals surface area contributed by atoms with Crippen molar-refractivity contribution in [2.24, 2.45) is 0 Å². The molecule has 0 fully saturated rings. The van der Waals surface area contributed by atoms with E-state index in [1.165, 1.54) is 28.0 Å². The van der Waals surface area contributed by atoms with Gasteiger partial charge in [0.05, 0.1) is 17.3 Å². The van der Waals surface area contributed by atoms with E-state index in [1.807, 2.05) is 0 Å². The molecule has 1 amide bonds. The molecule has 0 N–H and O–H groups in total. The van der Waals surface area contributed by atoms with Crippen molar-refractivity contribution in [3.8, 4) is 10.6 Å². The normalized spacial score (nSPS) is 11.9. The van der Waals surface area contributed by atoms with Gasteiger partial charge in [-0.3, -0.25) is 4.79 Å². The van der Waals surface area contributed by atoms with Crippen LogP contribution in [0.4, 0.5) is 13.2 Å². The van der Waals surface area contributed by atoms with Crippen molar-refractivity contribution in [2.45, 2.75) is 12.7 Å². The summed E-state index contributed by atoms with van der Waals surface area (Å²) in [6.07, 6.45) is -1.53. The highest BCUT2D eigenvalue weighted by molar-refractivity contribution is 7.15. The van der Waals surface area contributed by atoms with Crippen molar-refractivity contribution in [2.75, 3.05) is 14.1 Å². The third kappa shape index (κ3) is 3.09. The van der Waals surface area contributed by atoms with Crippen LogP contribution in [-0.4, -0.2) is 44.7 Å². The molecule has 0 saturated carbocycles. The SMILES string of the molecule is CN(C)C(=O)Cn1ncc2ncc(-c3ccc(C(F)(F)F)s3)nc21. The smallest absolute Gasteiger partial charge is 0.347 e. The molecule has 0 aliphatic rings. The highest BCUT2D eigenvalue weighted by Crippen LogP contribution is 2.37. The lowest BCUT2D eigenvalue weighted by molar-refractivity contribution is -0.134. The summed E-state index contributed by atoms with van der Waals surface area (Å²) in [5, 5.41) is 4.06. The van der Waals surface area contributed by atoms with Gasteiger partial charge in [-0.1, -0.05) is 0 Å². The van der Waals surface area contributed by atoms with Gasteiger partial charge in [0.2, 0.25) is 5.91 Å². The van der Waals surface area contributed by atoms with Crippen LogP contribution in [0.15, 0.2) is 24.5 Å². The van der Waals surface area contributed by atoms with Crippen LogP contribution < -0.4 is 0 Å². The predicted octanol–water partition coefficient (Wildman–Crippen LogP) is 2.66. The van der Waals surface area contributed by atoms with Crippen LogP contribution in [0.1, 0.15) is 4.88 Å². The maximum atomic E-state index is 12.7. The quantitative estimate of drug-likeness (QED) is 0.725. The molecular formula is C14H12F3N5OS. The number of likely N-dealkylation sites (N-methyl/N-ethyl adjacent to an activating group) is 1. The van der Waals surface area contributed by atoms with Gasteiger partial charge in [0.1, 0.15) is 22.6 Å². The summed E-state index contributed by atoms with van der Waals surface area (Å²) < 4.78 is 39.5. The van der Waals surface area contributed by atoms with Crippen LogP contribution >= 0.6 is 11.3 Å². The number of alkyl halides is 3. The zero-order valence-electron chi connectivity index (χ0n) is 12.7. The van der Waals surface area contributed by atoms with E-state index in [2.05, 4.69) is 15.1 Å². The van der Waals surface area contributed by atoms with Crippen LogP contribution in [0, 0.1) is 0 Å². The minimum absolute atomic E-state index is 0.0210. The molecule has 3 rings (SSSR count). The summed E-state index contributed by atoms with van der Waals surface area (Å²) in [4.78, 5) is 21.4. The molecule has 0 atom stereocenters. The number of rotatable bonds is 3. The average Bonchev–Trinajstić information content (AvgIpc) is 3.13. The van der Waals surface area contributed by atoms with Gasteiger partial charge in [0, 0.05) is 14.1 Å². The Labute approximate surface area is 138 Å². The molecule has 3 aromatic rings. The maximum absolute atomic E-state index is 12.7. The fourth-order valence-electron chi connectivity index (χ4n) is 1.98. The Morgan fingerprint density at radius 2 is 2.04 bits per heavy atom. The Balaban J connectivity index is 1.98. The highest BCUT2D eigenvalue weighted by Gasteiger charge is 2.32. The van der Waals surface area contributed by atoms with Gasteiger partial charge < -0.3 is 4.90 Å². The van der Waals surface area contributed by atoms with Crippen molar-refractivity contribution >= 4 is 28.4 Å². The highest BCUT2D eigenvalue weighted by atomic mass is 32.1. The molecule has 126 valence electrons. The van der Waals surface area contributed by atoms with Crippen molar-refractivity contribution in [1.29, 1.82) is 0 Å². The minimum Gasteiger partial charge on any atom is -0.347 e. The van der Waals surface area contributed by atoms with Crippen LogP contribution in [0.2, 0.25) is 0 Å². The zero-order valence-corrected chi connectivity index (χ0v) is 13.5. The number of amides is 1. The fourth-order valence-corrected chi connectivity index (χ4v) is 2.81. The van der Waals surface area contributed by atoms with E-state index in [4.69, 9.17) is 0 Å². The Morgan fingerprint density at radius 3 is 2.67 bits per heavy atom. The predicted molar refractivity (Wildman–Crippen MR) is 82.3 cm³/mol. The first-order chi connectivity index (χ1) is 11.3. The van der Waals surface area contributed by atoms with Gasteiger partial charge in [-0.2, -0.15) is 18.3 Å². The molecule has 0 aliphatic carbocycles. The molecule has 0 unspecified atom stereocenters. The van der Waals surface area contributed by atoms with Gasteiger partial charge in [0.15, 0.2) is 5.65 Å². The molecule has 0 aliphatic heterocycles. The lowest BCUT2D eigenvalue weighted by Crippen LogP contribution is -2.26. The molecule has 0 saturated heterocycles. The molecule has 0 bridgehead atoms. The largest absolute Gasteiger partial charge is 0.425 e. The van der Waals surface area contributed by atoms with Gasteiger partial charge in [-0.25, -0.2) is 14.6 Å². The molecule has 0 spiro atoms. The van der Waals surface area contributed by atoms with E-state index in [-0.39, 0.29) is 12.5 Å². The number of thiophene rings is 1. The molecule has 3 aromatic heterocycles. The number of aromatic nitrogens is 4. The van der Waals surface area contributed by atoms with Crippen LogP contribution in [0.3, 0.4) is 0 Å². The lowest BCUT2D eigenvalue weighted by Gasteiger charge is -2.10. The van der Waals surface area contributed by atoms with E-state index >= 15 is 0 Å². The third-order valence-corrected chi connectivity index (χ3v) is 4.42. The van der Waals surface area contributed by atoms with E-state index in [0.717, 1.165) is 6.07 Å². The second-order valence-corrected chi connectivity index (χ2v) is 6.30. The first kappa shape index (κ1) is 16.4. The maximum Gasteiger partial charge on any atom is 0.425 e. The summed E-state index contributed by atoms with van der Waals surface area (Å²) >= 11 is 0.596. The number of fused-ring (bicyclic) bond motifs is 1. The molecule has 6 nitrogen and oxygen atoms in total. The summed E-state index contributed by atoms with van der Waals surface area (Å²) in [7, 11) is 3.24. The van der Waals surface area contributed by atoms with Crippen molar-refractivity contribution in [1.82, 2.24) is 24.6 Å². The van der Waals surface area contributed by atoms with E-state index in [9.17, 15) is 18.0 Å². The fraction of sp³-hybridized carbons (Fsp3) is 0.286. The van der Waals surface area contributed by atoms with E-state index < -0.39 is 11.1 Å². The van der Waals surface area contributed by atoms with Crippen LogP contribution in [0.5, 0.6) is 0 Å². The van der Waals surface area contributed by atoms with Gasteiger partial charge >= 0.3 is 6.18 Å². The van der Waals surface area contributed by atoms with Crippen LogP contribution in [0.25, 0.3) is 21.7 Å². The second kappa shape index (κ2) is 5.86. The number of hydrogen-bond acceptors (Lipinski definition) is 5. The molecule has 0 aromatic carbocycles. The minimum atomic E-state index is -4.39. The first-order valence-electron chi connectivity index (χ1n) is 6.82. The number of halogens is 3. The number of hydrogen-bond donors (Lipinski definition) is 0. The third-order valence-electron chi connectivity index (χ3n) is 3.27. The average molecular weight is 355 g/mol. The summed E-state index contributed by atoms with van der Waals surface area (Å²) in [6.45, 7) is -0.0210. The Morgan fingerprint density at radius 1 is 1.29 bits per heavy atom.